The zero-order valence-electron chi connectivity index (χ0n) is 9.53. The quantitative estimate of drug-likeness (QED) is 0.648. The van der Waals surface area contributed by atoms with Crippen LogP contribution in [-0.4, -0.2) is 6.10 Å². The van der Waals surface area contributed by atoms with Gasteiger partial charge in [-0.2, -0.15) is 5.26 Å². The minimum atomic E-state index is -0.283. The van der Waals surface area contributed by atoms with Crippen molar-refractivity contribution < 1.29 is 4.74 Å². The van der Waals surface area contributed by atoms with Gasteiger partial charge in [0.05, 0.1) is 12.7 Å². The molecule has 80 valence electrons. The molecule has 1 aliphatic rings. The van der Waals surface area contributed by atoms with Gasteiger partial charge in [-0.05, 0) is 11.1 Å². The zero-order valence-corrected chi connectivity index (χ0v) is 9.53. The molecular formula is C13H17NO. The maximum absolute atomic E-state index is 8.81. The van der Waals surface area contributed by atoms with Gasteiger partial charge in [-0.3, -0.25) is 0 Å². The summed E-state index contributed by atoms with van der Waals surface area (Å²) in [5.41, 5.74) is 2.46. The van der Waals surface area contributed by atoms with Crippen LogP contribution < -0.4 is 0 Å². The van der Waals surface area contributed by atoms with Gasteiger partial charge in [0.15, 0.2) is 6.10 Å². The number of hydrogen-bond donors (Lipinski definition) is 0. The van der Waals surface area contributed by atoms with Crippen LogP contribution in [0.1, 0.15) is 37.8 Å². The summed E-state index contributed by atoms with van der Waals surface area (Å²) in [5, 5.41) is 8.81. The van der Waals surface area contributed by atoms with Gasteiger partial charge in [0.2, 0.25) is 0 Å². The van der Waals surface area contributed by atoms with Crippen molar-refractivity contribution in [2.45, 2.75) is 39.4 Å². The van der Waals surface area contributed by atoms with Crippen LogP contribution in [-0.2, 0) is 11.3 Å². The van der Waals surface area contributed by atoms with Crippen LogP contribution in [0.5, 0.6) is 0 Å². The van der Waals surface area contributed by atoms with E-state index < -0.39 is 0 Å². The summed E-state index contributed by atoms with van der Waals surface area (Å²) in [5.74, 6) is 0.190. The number of ether oxygens (including phenoxy) is 1. The van der Waals surface area contributed by atoms with Crippen LogP contribution in [0.25, 0.3) is 0 Å². The van der Waals surface area contributed by atoms with Crippen molar-refractivity contribution in [3.8, 4) is 6.07 Å². The average Bonchev–Trinajstić information content (AvgIpc) is 2.33. The fourth-order valence-electron chi connectivity index (χ4n) is 1.75. The molecule has 1 aromatic rings. The highest BCUT2D eigenvalue weighted by Gasteiger charge is 2.25. The lowest BCUT2D eigenvalue weighted by molar-refractivity contribution is 0.0477. The smallest absolute Gasteiger partial charge is 0.150 e. The SMILES string of the molecule is CC.CC1c2ccccc2COC1C#N. The van der Waals surface area contributed by atoms with Gasteiger partial charge >= 0.3 is 0 Å². The Hall–Kier alpha value is -1.33. The van der Waals surface area contributed by atoms with Crippen LogP contribution in [0, 0.1) is 11.3 Å². The van der Waals surface area contributed by atoms with E-state index >= 15 is 0 Å². The van der Waals surface area contributed by atoms with Crippen molar-refractivity contribution in [1.29, 1.82) is 5.26 Å². The highest BCUT2D eigenvalue weighted by atomic mass is 16.5. The predicted octanol–water partition coefficient (Wildman–Crippen LogP) is 3.24. The second-order valence-electron chi connectivity index (χ2n) is 3.35. The molecule has 2 unspecified atom stereocenters. The van der Waals surface area contributed by atoms with Gasteiger partial charge < -0.3 is 4.74 Å². The van der Waals surface area contributed by atoms with Crippen LogP contribution in [0.4, 0.5) is 0 Å². The molecule has 0 saturated heterocycles. The van der Waals surface area contributed by atoms with Crippen molar-refractivity contribution >= 4 is 0 Å². The standard InChI is InChI=1S/C11H11NO.C2H6/c1-8-10-5-3-2-4-9(10)7-13-11(8)6-12;1-2/h2-5,8,11H,7H2,1H3;1-2H3. The summed E-state index contributed by atoms with van der Waals surface area (Å²) in [7, 11) is 0. The number of benzene rings is 1. The fraction of sp³-hybridized carbons (Fsp3) is 0.462. The maximum atomic E-state index is 8.81. The first-order valence-electron chi connectivity index (χ1n) is 5.42. The molecule has 0 spiro atoms. The van der Waals surface area contributed by atoms with E-state index in [9.17, 15) is 0 Å². The van der Waals surface area contributed by atoms with Gasteiger partial charge in [-0.25, -0.2) is 0 Å². The highest BCUT2D eigenvalue weighted by molar-refractivity contribution is 5.33. The summed E-state index contributed by atoms with van der Waals surface area (Å²) in [6.07, 6.45) is -0.283. The minimum absolute atomic E-state index is 0.190. The van der Waals surface area contributed by atoms with Gasteiger partial charge in [0.1, 0.15) is 0 Å². The van der Waals surface area contributed by atoms with E-state index in [1.807, 2.05) is 32.9 Å². The topological polar surface area (TPSA) is 33.0 Å². The first-order valence-corrected chi connectivity index (χ1v) is 5.42. The van der Waals surface area contributed by atoms with Crippen molar-refractivity contribution in [2.75, 3.05) is 0 Å². The second-order valence-corrected chi connectivity index (χ2v) is 3.35. The van der Waals surface area contributed by atoms with Gasteiger partial charge in [-0.1, -0.05) is 45.0 Å². The average molecular weight is 203 g/mol. The van der Waals surface area contributed by atoms with Gasteiger partial charge in [0.25, 0.3) is 0 Å². The zero-order chi connectivity index (χ0) is 11.3. The Balaban J connectivity index is 0.000000531. The summed E-state index contributed by atoms with van der Waals surface area (Å²) in [4.78, 5) is 0. The lowest BCUT2D eigenvalue weighted by atomic mass is 9.90. The summed E-state index contributed by atoms with van der Waals surface area (Å²) in [6.45, 7) is 6.60. The molecule has 1 aliphatic heterocycles. The Labute approximate surface area is 91.5 Å². The Kier molecular flexibility index (Phi) is 4.33. The normalized spacial score (nSPS) is 23.1. The third-order valence-electron chi connectivity index (χ3n) is 2.55. The Morgan fingerprint density at radius 1 is 1.33 bits per heavy atom. The fourth-order valence-corrected chi connectivity index (χ4v) is 1.75. The molecule has 2 nitrogen and oxygen atoms in total. The van der Waals surface area contributed by atoms with Crippen LogP contribution >= 0.6 is 0 Å². The molecule has 0 bridgehead atoms. The number of hydrogen-bond acceptors (Lipinski definition) is 2. The summed E-state index contributed by atoms with van der Waals surface area (Å²) < 4.78 is 5.40. The van der Waals surface area contributed by atoms with Crippen LogP contribution in [0.15, 0.2) is 24.3 Å². The van der Waals surface area contributed by atoms with Crippen molar-refractivity contribution in [2.24, 2.45) is 0 Å². The lowest BCUT2D eigenvalue weighted by Gasteiger charge is -2.26. The van der Waals surface area contributed by atoms with E-state index in [2.05, 4.69) is 18.2 Å². The molecular weight excluding hydrogens is 186 g/mol. The molecule has 0 aromatic heterocycles. The second kappa shape index (κ2) is 5.53. The van der Waals surface area contributed by atoms with E-state index in [0.717, 1.165) is 0 Å². The Morgan fingerprint density at radius 3 is 2.67 bits per heavy atom. The highest BCUT2D eigenvalue weighted by Crippen LogP contribution is 2.30. The number of nitriles is 1. The summed E-state index contributed by atoms with van der Waals surface area (Å²) >= 11 is 0. The molecule has 0 amide bonds. The lowest BCUT2D eigenvalue weighted by Crippen LogP contribution is -2.24. The summed E-state index contributed by atoms with van der Waals surface area (Å²) in [6, 6.07) is 10.3. The van der Waals surface area contributed by atoms with E-state index in [4.69, 9.17) is 10.00 Å². The van der Waals surface area contributed by atoms with Crippen LogP contribution in [0.3, 0.4) is 0 Å². The molecule has 0 fully saturated rings. The first kappa shape index (κ1) is 11.7. The minimum Gasteiger partial charge on any atom is -0.358 e. The molecule has 2 rings (SSSR count). The van der Waals surface area contributed by atoms with Crippen molar-refractivity contribution in [3.63, 3.8) is 0 Å². The number of fused-ring (bicyclic) bond motifs is 1. The molecule has 0 saturated carbocycles. The van der Waals surface area contributed by atoms with E-state index in [1.165, 1.54) is 11.1 Å². The molecule has 0 N–H and O–H groups in total. The van der Waals surface area contributed by atoms with Crippen molar-refractivity contribution in [3.05, 3.63) is 35.4 Å². The van der Waals surface area contributed by atoms with Crippen LogP contribution in [0.2, 0.25) is 0 Å². The molecule has 2 heteroatoms. The van der Waals surface area contributed by atoms with E-state index in [0.29, 0.717) is 6.61 Å². The monoisotopic (exact) mass is 203 g/mol. The molecule has 1 heterocycles. The third kappa shape index (κ3) is 2.37. The molecule has 15 heavy (non-hydrogen) atoms. The number of nitrogens with zero attached hydrogens (tertiary/aromatic N) is 1. The first-order chi connectivity index (χ1) is 7.33. The van der Waals surface area contributed by atoms with Gasteiger partial charge in [-0.15, -0.1) is 0 Å². The molecule has 0 aliphatic carbocycles. The molecule has 0 radical (unpaired) electrons. The van der Waals surface area contributed by atoms with Gasteiger partial charge in [0, 0.05) is 5.92 Å². The van der Waals surface area contributed by atoms with E-state index in [-0.39, 0.29) is 12.0 Å². The van der Waals surface area contributed by atoms with Crippen molar-refractivity contribution in [1.82, 2.24) is 0 Å². The number of rotatable bonds is 0. The third-order valence-corrected chi connectivity index (χ3v) is 2.55. The molecule has 2 atom stereocenters. The maximum Gasteiger partial charge on any atom is 0.150 e. The van der Waals surface area contributed by atoms with E-state index in [1.54, 1.807) is 0 Å². The molecule has 1 aromatic carbocycles. The Bertz CT molecular complexity index is 354. The predicted molar refractivity (Wildman–Crippen MR) is 60.4 cm³/mol. The largest absolute Gasteiger partial charge is 0.358 e. The Morgan fingerprint density at radius 2 is 2.00 bits per heavy atom.